The summed E-state index contributed by atoms with van der Waals surface area (Å²) in [4.78, 5) is 1.19. The first-order valence-corrected chi connectivity index (χ1v) is 6.33. The maximum Gasteiger partial charge on any atom is 0.123 e. The molecule has 4 heteroatoms. The van der Waals surface area contributed by atoms with E-state index in [0.29, 0.717) is 0 Å². The van der Waals surface area contributed by atoms with E-state index in [1.54, 1.807) is 17.4 Å². The maximum atomic E-state index is 13.0. The third kappa shape index (κ3) is 2.91. The first-order chi connectivity index (χ1) is 8.20. The van der Waals surface area contributed by atoms with Crippen molar-refractivity contribution >= 4 is 11.3 Å². The molecule has 0 bridgehead atoms. The van der Waals surface area contributed by atoms with E-state index < -0.39 is 0 Å². The standard InChI is InChI=1S/C13H15FN2S/c1-9-7-11(14)5-4-10(9)8-12(16-15)13-3-2-6-17-13/h2-7,12,16H,8,15H2,1H3. The van der Waals surface area contributed by atoms with Gasteiger partial charge in [-0.3, -0.25) is 11.3 Å². The van der Waals surface area contributed by atoms with Crippen molar-refractivity contribution in [1.29, 1.82) is 0 Å². The summed E-state index contributed by atoms with van der Waals surface area (Å²) in [6.07, 6.45) is 0.767. The molecule has 17 heavy (non-hydrogen) atoms. The number of hydrogen-bond acceptors (Lipinski definition) is 3. The topological polar surface area (TPSA) is 38.0 Å². The molecule has 0 radical (unpaired) electrons. The Morgan fingerprint density at radius 1 is 1.41 bits per heavy atom. The van der Waals surface area contributed by atoms with Gasteiger partial charge in [0.2, 0.25) is 0 Å². The van der Waals surface area contributed by atoms with Crippen molar-refractivity contribution in [2.75, 3.05) is 0 Å². The Kier molecular flexibility index (Phi) is 3.89. The van der Waals surface area contributed by atoms with Gasteiger partial charge >= 0.3 is 0 Å². The summed E-state index contributed by atoms with van der Waals surface area (Å²) >= 11 is 1.67. The quantitative estimate of drug-likeness (QED) is 0.647. The predicted octanol–water partition coefficient (Wildman–Crippen LogP) is 2.94. The molecule has 2 rings (SSSR count). The molecule has 0 saturated heterocycles. The zero-order chi connectivity index (χ0) is 12.3. The molecule has 1 aromatic heterocycles. The van der Waals surface area contributed by atoms with Crippen LogP contribution in [0.5, 0.6) is 0 Å². The highest BCUT2D eigenvalue weighted by atomic mass is 32.1. The van der Waals surface area contributed by atoms with Crippen molar-refractivity contribution < 1.29 is 4.39 Å². The summed E-state index contributed by atoms with van der Waals surface area (Å²) < 4.78 is 13.0. The second-order valence-corrected chi connectivity index (χ2v) is 4.99. The highest BCUT2D eigenvalue weighted by Crippen LogP contribution is 2.23. The second kappa shape index (κ2) is 5.40. The molecule has 2 aromatic rings. The van der Waals surface area contributed by atoms with Crippen LogP contribution in [-0.2, 0) is 6.42 Å². The number of nitrogens with two attached hydrogens (primary N) is 1. The SMILES string of the molecule is Cc1cc(F)ccc1CC(NN)c1cccs1. The van der Waals surface area contributed by atoms with Crippen LogP contribution in [0.15, 0.2) is 35.7 Å². The van der Waals surface area contributed by atoms with Crippen molar-refractivity contribution in [3.8, 4) is 0 Å². The van der Waals surface area contributed by atoms with Gasteiger partial charge < -0.3 is 0 Å². The minimum Gasteiger partial charge on any atom is -0.271 e. The molecule has 0 amide bonds. The summed E-state index contributed by atoms with van der Waals surface area (Å²) in [5.74, 6) is 5.38. The Hall–Kier alpha value is -1.23. The molecule has 1 unspecified atom stereocenters. The third-order valence-electron chi connectivity index (χ3n) is 2.82. The number of rotatable bonds is 4. The van der Waals surface area contributed by atoms with Gasteiger partial charge in [0.25, 0.3) is 0 Å². The van der Waals surface area contributed by atoms with Crippen molar-refractivity contribution in [3.05, 3.63) is 57.5 Å². The van der Waals surface area contributed by atoms with E-state index in [-0.39, 0.29) is 11.9 Å². The van der Waals surface area contributed by atoms with Gasteiger partial charge in [0.1, 0.15) is 5.82 Å². The van der Waals surface area contributed by atoms with Crippen LogP contribution in [-0.4, -0.2) is 0 Å². The number of aryl methyl sites for hydroxylation is 1. The van der Waals surface area contributed by atoms with Gasteiger partial charge in [-0.2, -0.15) is 0 Å². The van der Waals surface area contributed by atoms with Crippen LogP contribution in [0.4, 0.5) is 4.39 Å². The predicted molar refractivity (Wildman–Crippen MR) is 69.2 cm³/mol. The summed E-state index contributed by atoms with van der Waals surface area (Å²) in [6, 6.07) is 9.00. The van der Waals surface area contributed by atoms with Crippen LogP contribution in [0.1, 0.15) is 22.0 Å². The second-order valence-electron chi connectivity index (χ2n) is 4.01. The minimum atomic E-state index is -0.195. The highest BCUT2D eigenvalue weighted by molar-refractivity contribution is 7.10. The van der Waals surface area contributed by atoms with Crippen LogP contribution in [0, 0.1) is 12.7 Å². The van der Waals surface area contributed by atoms with Gasteiger partial charge in [-0.1, -0.05) is 12.1 Å². The van der Waals surface area contributed by atoms with Crippen molar-refractivity contribution in [1.82, 2.24) is 5.43 Å². The lowest BCUT2D eigenvalue weighted by Crippen LogP contribution is -2.29. The number of halogens is 1. The molecule has 0 aliphatic heterocycles. The zero-order valence-corrected chi connectivity index (χ0v) is 10.4. The summed E-state index contributed by atoms with van der Waals surface area (Å²) in [5.41, 5.74) is 4.89. The number of nitrogens with one attached hydrogen (secondary N) is 1. The molecule has 1 heterocycles. The van der Waals surface area contributed by atoms with Gasteiger partial charge in [0.15, 0.2) is 0 Å². The Morgan fingerprint density at radius 2 is 2.24 bits per heavy atom. The smallest absolute Gasteiger partial charge is 0.123 e. The fourth-order valence-electron chi connectivity index (χ4n) is 1.84. The first-order valence-electron chi connectivity index (χ1n) is 5.45. The van der Waals surface area contributed by atoms with E-state index in [1.807, 2.05) is 30.5 Å². The minimum absolute atomic E-state index is 0.0826. The maximum absolute atomic E-state index is 13.0. The average molecular weight is 250 g/mol. The Morgan fingerprint density at radius 3 is 2.82 bits per heavy atom. The Bertz CT molecular complexity index is 482. The van der Waals surface area contributed by atoms with Gasteiger partial charge in [-0.15, -0.1) is 11.3 Å². The number of hydrazine groups is 1. The van der Waals surface area contributed by atoms with E-state index in [9.17, 15) is 4.39 Å². The van der Waals surface area contributed by atoms with E-state index in [1.165, 1.54) is 10.9 Å². The fourth-order valence-corrected chi connectivity index (χ4v) is 2.63. The van der Waals surface area contributed by atoms with Crippen molar-refractivity contribution in [2.24, 2.45) is 5.84 Å². The van der Waals surface area contributed by atoms with Crippen LogP contribution in [0.25, 0.3) is 0 Å². The Balaban J connectivity index is 2.19. The molecular weight excluding hydrogens is 235 g/mol. The summed E-state index contributed by atoms with van der Waals surface area (Å²) in [5, 5.41) is 2.02. The van der Waals surface area contributed by atoms with Gasteiger partial charge in [0, 0.05) is 4.88 Å². The molecule has 0 aliphatic carbocycles. The fraction of sp³-hybridized carbons (Fsp3) is 0.231. The van der Waals surface area contributed by atoms with Gasteiger partial charge in [0.05, 0.1) is 6.04 Å². The Labute approximate surface area is 104 Å². The number of hydrogen-bond donors (Lipinski definition) is 2. The van der Waals surface area contributed by atoms with Crippen molar-refractivity contribution in [3.63, 3.8) is 0 Å². The van der Waals surface area contributed by atoms with E-state index >= 15 is 0 Å². The van der Waals surface area contributed by atoms with Gasteiger partial charge in [-0.05, 0) is 48.1 Å². The normalized spacial score (nSPS) is 12.6. The van der Waals surface area contributed by atoms with Crippen molar-refractivity contribution in [2.45, 2.75) is 19.4 Å². The van der Waals surface area contributed by atoms with Gasteiger partial charge in [-0.25, -0.2) is 4.39 Å². The van der Waals surface area contributed by atoms with E-state index in [2.05, 4.69) is 5.43 Å². The molecule has 0 spiro atoms. The first kappa shape index (κ1) is 12.2. The van der Waals surface area contributed by atoms with E-state index in [4.69, 9.17) is 5.84 Å². The number of thiophene rings is 1. The molecule has 0 saturated carbocycles. The molecule has 0 fully saturated rings. The van der Waals surface area contributed by atoms with Crippen LogP contribution < -0.4 is 11.3 Å². The monoisotopic (exact) mass is 250 g/mol. The van der Waals surface area contributed by atoms with Crippen LogP contribution >= 0.6 is 11.3 Å². The molecule has 1 aromatic carbocycles. The lowest BCUT2D eigenvalue weighted by molar-refractivity contribution is 0.558. The molecule has 3 N–H and O–H groups in total. The molecule has 2 nitrogen and oxygen atoms in total. The lowest BCUT2D eigenvalue weighted by Gasteiger charge is -2.15. The van der Waals surface area contributed by atoms with Crippen LogP contribution in [0.2, 0.25) is 0 Å². The molecule has 90 valence electrons. The molecule has 0 aliphatic rings. The number of benzene rings is 1. The zero-order valence-electron chi connectivity index (χ0n) is 9.61. The molecule has 1 atom stereocenters. The largest absolute Gasteiger partial charge is 0.271 e. The molecular formula is C13H15FN2S. The van der Waals surface area contributed by atoms with Crippen LogP contribution in [0.3, 0.4) is 0 Å². The lowest BCUT2D eigenvalue weighted by atomic mass is 10.0. The van der Waals surface area contributed by atoms with E-state index in [0.717, 1.165) is 17.5 Å². The third-order valence-corrected chi connectivity index (χ3v) is 3.80. The summed E-state index contributed by atoms with van der Waals surface area (Å²) in [7, 11) is 0. The summed E-state index contributed by atoms with van der Waals surface area (Å²) in [6.45, 7) is 1.92. The average Bonchev–Trinajstić information content (AvgIpc) is 2.81. The highest BCUT2D eigenvalue weighted by Gasteiger charge is 2.12.